The predicted molar refractivity (Wildman–Crippen MR) is 36.7 cm³/mol. The number of hydrogen-bond acceptors (Lipinski definition) is 3. The first-order valence-corrected chi connectivity index (χ1v) is 3.08. The SMILES string of the molecule is CO[C@H](C)[C@H](N)CC(=O)O. The van der Waals surface area contributed by atoms with Gasteiger partial charge in [0.25, 0.3) is 0 Å². The maximum atomic E-state index is 10.1. The molecule has 0 amide bonds. The Hall–Kier alpha value is -0.610. The maximum absolute atomic E-state index is 10.1. The van der Waals surface area contributed by atoms with Crippen molar-refractivity contribution in [3.8, 4) is 0 Å². The quantitative estimate of drug-likeness (QED) is 0.578. The molecular formula is C6H13NO3. The molecule has 0 aliphatic carbocycles. The highest BCUT2D eigenvalue weighted by Gasteiger charge is 2.14. The van der Waals surface area contributed by atoms with Crippen LogP contribution in [-0.4, -0.2) is 30.3 Å². The normalized spacial score (nSPS) is 16.3. The van der Waals surface area contributed by atoms with E-state index in [0.717, 1.165) is 0 Å². The molecule has 0 fully saturated rings. The van der Waals surface area contributed by atoms with Crippen molar-refractivity contribution in [2.24, 2.45) is 5.73 Å². The first kappa shape index (κ1) is 9.39. The molecule has 0 bridgehead atoms. The first-order valence-electron chi connectivity index (χ1n) is 3.08. The number of ether oxygens (including phenoxy) is 1. The lowest BCUT2D eigenvalue weighted by molar-refractivity contribution is -0.138. The first-order chi connectivity index (χ1) is 4.57. The van der Waals surface area contributed by atoms with Crippen LogP contribution < -0.4 is 5.73 Å². The second kappa shape index (κ2) is 4.24. The van der Waals surface area contributed by atoms with Crippen LogP contribution >= 0.6 is 0 Å². The molecule has 0 unspecified atom stereocenters. The molecule has 0 rings (SSSR count). The van der Waals surface area contributed by atoms with Gasteiger partial charge in [0.15, 0.2) is 0 Å². The average Bonchev–Trinajstić information content (AvgIpc) is 1.85. The monoisotopic (exact) mass is 147 g/mol. The van der Waals surface area contributed by atoms with Gasteiger partial charge in [-0.05, 0) is 6.92 Å². The van der Waals surface area contributed by atoms with Gasteiger partial charge < -0.3 is 15.6 Å². The zero-order valence-corrected chi connectivity index (χ0v) is 6.20. The lowest BCUT2D eigenvalue weighted by Gasteiger charge is -2.15. The van der Waals surface area contributed by atoms with Crippen LogP contribution in [0.1, 0.15) is 13.3 Å². The number of hydrogen-bond donors (Lipinski definition) is 2. The number of methoxy groups -OCH3 is 1. The van der Waals surface area contributed by atoms with Gasteiger partial charge in [-0.1, -0.05) is 0 Å². The number of rotatable bonds is 4. The summed E-state index contributed by atoms with van der Waals surface area (Å²) >= 11 is 0. The van der Waals surface area contributed by atoms with Gasteiger partial charge in [-0.15, -0.1) is 0 Å². The van der Waals surface area contributed by atoms with Gasteiger partial charge in [-0.2, -0.15) is 0 Å². The lowest BCUT2D eigenvalue weighted by atomic mass is 10.1. The highest BCUT2D eigenvalue weighted by Crippen LogP contribution is 1.98. The fraction of sp³-hybridized carbons (Fsp3) is 0.833. The van der Waals surface area contributed by atoms with E-state index in [1.54, 1.807) is 6.92 Å². The molecule has 0 radical (unpaired) electrons. The highest BCUT2D eigenvalue weighted by atomic mass is 16.5. The van der Waals surface area contributed by atoms with Crippen molar-refractivity contribution < 1.29 is 14.6 Å². The van der Waals surface area contributed by atoms with Crippen LogP contribution in [0.15, 0.2) is 0 Å². The van der Waals surface area contributed by atoms with Crippen molar-refractivity contribution in [2.75, 3.05) is 7.11 Å². The summed E-state index contributed by atoms with van der Waals surface area (Å²) < 4.78 is 4.82. The number of nitrogens with two attached hydrogens (primary N) is 1. The van der Waals surface area contributed by atoms with Crippen molar-refractivity contribution in [3.05, 3.63) is 0 Å². The van der Waals surface area contributed by atoms with E-state index in [1.165, 1.54) is 7.11 Å². The lowest BCUT2D eigenvalue weighted by Crippen LogP contribution is -2.35. The maximum Gasteiger partial charge on any atom is 0.305 e. The van der Waals surface area contributed by atoms with Crippen molar-refractivity contribution in [1.29, 1.82) is 0 Å². The Morgan fingerprint density at radius 3 is 2.60 bits per heavy atom. The number of carboxylic acid groups (broad SMARTS) is 1. The van der Waals surface area contributed by atoms with E-state index in [9.17, 15) is 4.79 Å². The fourth-order valence-corrected chi connectivity index (χ4v) is 0.542. The molecule has 4 nitrogen and oxygen atoms in total. The largest absolute Gasteiger partial charge is 0.481 e. The van der Waals surface area contributed by atoms with E-state index >= 15 is 0 Å². The minimum absolute atomic E-state index is 0.0466. The van der Waals surface area contributed by atoms with Crippen LogP contribution in [0.3, 0.4) is 0 Å². The van der Waals surface area contributed by atoms with Gasteiger partial charge in [0.2, 0.25) is 0 Å². The summed E-state index contributed by atoms with van der Waals surface area (Å²) in [6.45, 7) is 1.74. The second-order valence-electron chi connectivity index (χ2n) is 2.20. The summed E-state index contributed by atoms with van der Waals surface area (Å²) in [6.07, 6.45) is -0.245. The molecule has 0 aliphatic rings. The van der Waals surface area contributed by atoms with Gasteiger partial charge >= 0.3 is 5.97 Å². The number of aliphatic carboxylic acids is 1. The smallest absolute Gasteiger partial charge is 0.305 e. The van der Waals surface area contributed by atoms with Crippen LogP contribution in [0.5, 0.6) is 0 Å². The topological polar surface area (TPSA) is 72.5 Å². The molecule has 0 aromatic rings. The predicted octanol–water partition coefficient (Wildman–Crippen LogP) is -0.177. The Kier molecular flexibility index (Phi) is 3.99. The molecular weight excluding hydrogens is 134 g/mol. The minimum atomic E-state index is -0.892. The summed E-state index contributed by atoms with van der Waals surface area (Å²) in [5, 5.41) is 8.29. The molecule has 0 saturated heterocycles. The van der Waals surface area contributed by atoms with E-state index in [4.69, 9.17) is 15.6 Å². The molecule has 0 saturated carbocycles. The van der Waals surface area contributed by atoms with E-state index in [1.807, 2.05) is 0 Å². The molecule has 0 aromatic heterocycles. The van der Waals surface area contributed by atoms with Gasteiger partial charge in [0.1, 0.15) is 0 Å². The van der Waals surface area contributed by atoms with Gasteiger partial charge in [-0.25, -0.2) is 0 Å². The van der Waals surface area contributed by atoms with Crippen molar-refractivity contribution in [1.82, 2.24) is 0 Å². The Balaban J connectivity index is 3.61. The molecule has 4 heteroatoms. The summed E-state index contributed by atoms with van der Waals surface area (Å²) in [5.74, 6) is -0.892. The molecule has 0 aromatic carbocycles. The van der Waals surface area contributed by atoms with E-state index in [-0.39, 0.29) is 12.5 Å². The third kappa shape index (κ3) is 3.42. The number of carboxylic acids is 1. The zero-order valence-electron chi connectivity index (χ0n) is 6.20. The van der Waals surface area contributed by atoms with Crippen molar-refractivity contribution >= 4 is 5.97 Å². The Bertz CT molecular complexity index is 116. The van der Waals surface area contributed by atoms with Crippen LogP contribution in [0, 0.1) is 0 Å². The average molecular weight is 147 g/mol. The molecule has 2 atom stereocenters. The molecule has 10 heavy (non-hydrogen) atoms. The highest BCUT2D eigenvalue weighted by molar-refractivity contribution is 5.67. The van der Waals surface area contributed by atoms with Crippen LogP contribution in [0.4, 0.5) is 0 Å². The van der Waals surface area contributed by atoms with Crippen LogP contribution in [0.25, 0.3) is 0 Å². The Morgan fingerprint density at radius 2 is 2.30 bits per heavy atom. The van der Waals surface area contributed by atoms with Gasteiger partial charge in [-0.3, -0.25) is 4.79 Å². The second-order valence-corrected chi connectivity index (χ2v) is 2.20. The number of carbonyl (C=O) groups is 1. The van der Waals surface area contributed by atoms with Crippen LogP contribution in [0.2, 0.25) is 0 Å². The zero-order chi connectivity index (χ0) is 8.15. The molecule has 0 heterocycles. The summed E-state index contributed by atoms with van der Waals surface area (Å²) in [7, 11) is 1.51. The summed E-state index contributed by atoms with van der Waals surface area (Å²) in [6, 6.07) is -0.414. The Labute approximate surface area is 60.0 Å². The standard InChI is InChI=1S/C6H13NO3/c1-4(10-2)5(7)3-6(8)9/h4-5H,3,7H2,1-2H3,(H,8,9)/t4-,5-/m1/s1. The molecule has 3 N–H and O–H groups in total. The Morgan fingerprint density at radius 1 is 1.80 bits per heavy atom. The summed E-state index contributed by atoms with van der Waals surface area (Å²) in [4.78, 5) is 10.1. The van der Waals surface area contributed by atoms with Crippen LogP contribution in [-0.2, 0) is 9.53 Å². The third-order valence-corrected chi connectivity index (χ3v) is 1.39. The van der Waals surface area contributed by atoms with Gasteiger partial charge in [0, 0.05) is 13.2 Å². The van der Waals surface area contributed by atoms with Crippen molar-refractivity contribution in [2.45, 2.75) is 25.5 Å². The van der Waals surface area contributed by atoms with Crippen molar-refractivity contribution in [3.63, 3.8) is 0 Å². The summed E-state index contributed by atoms with van der Waals surface area (Å²) in [5.41, 5.74) is 5.42. The molecule has 0 spiro atoms. The van der Waals surface area contributed by atoms with E-state index in [0.29, 0.717) is 0 Å². The van der Waals surface area contributed by atoms with E-state index < -0.39 is 12.0 Å². The van der Waals surface area contributed by atoms with Gasteiger partial charge in [0.05, 0.1) is 12.5 Å². The third-order valence-electron chi connectivity index (χ3n) is 1.39. The molecule has 60 valence electrons. The minimum Gasteiger partial charge on any atom is -0.481 e. The van der Waals surface area contributed by atoms with E-state index in [2.05, 4.69) is 0 Å². The molecule has 0 aliphatic heterocycles. The fourth-order valence-electron chi connectivity index (χ4n) is 0.542.